The number of benzene rings is 1. The lowest BCUT2D eigenvalue weighted by molar-refractivity contribution is 0.411. The highest BCUT2D eigenvalue weighted by Gasteiger charge is 2.07. The number of hydrogen-bond donors (Lipinski definition) is 1. The predicted octanol–water partition coefficient (Wildman–Crippen LogP) is 3.09. The lowest BCUT2D eigenvalue weighted by Gasteiger charge is -2.04. The average Bonchev–Trinajstić information content (AvgIpc) is 2.77. The van der Waals surface area contributed by atoms with Gasteiger partial charge in [-0.25, -0.2) is 0 Å². The number of rotatable bonds is 3. The molecule has 0 saturated carbocycles. The van der Waals surface area contributed by atoms with Gasteiger partial charge in [0.25, 0.3) is 0 Å². The van der Waals surface area contributed by atoms with Gasteiger partial charge < -0.3 is 9.26 Å². The van der Waals surface area contributed by atoms with E-state index in [1.165, 1.54) is 0 Å². The molecular weight excluding hydrogens is 222 g/mol. The Morgan fingerprint density at radius 3 is 2.75 bits per heavy atom. The Morgan fingerprint density at radius 1 is 1.38 bits per heavy atom. The van der Waals surface area contributed by atoms with Crippen LogP contribution in [0.4, 0.5) is 0 Å². The first-order chi connectivity index (χ1) is 7.74. The first kappa shape index (κ1) is 11.1. The number of aryl methyl sites for hydroxylation is 1. The Hall–Kier alpha value is -1.42. The summed E-state index contributed by atoms with van der Waals surface area (Å²) in [6.07, 6.45) is 0. The summed E-state index contributed by atoms with van der Waals surface area (Å²) in [6, 6.07) is 7.79. The third kappa shape index (κ3) is 2.07. The summed E-state index contributed by atoms with van der Waals surface area (Å²) in [7, 11) is 1.66. The van der Waals surface area contributed by atoms with E-state index in [9.17, 15) is 0 Å². The van der Waals surface area contributed by atoms with Crippen LogP contribution in [0.15, 0.2) is 28.8 Å². The fourth-order valence-corrected chi connectivity index (χ4v) is 1.70. The molecule has 0 fully saturated rings. The molecule has 0 aliphatic heterocycles. The van der Waals surface area contributed by atoms with Crippen LogP contribution in [0.5, 0.6) is 5.75 Å². The van der Waals surface area contributed by atoms with E-state index in [0.717, 1.165) is 28.3 Å². The third-order valence-electron chi connectivity index (χ3n) is 2.40. The second-order valence-electron chi connectivity index (χ2n) is 3.53. The Balaban J connectivity index is 2.37. The van der Waals surface area contributed by atoms with E-state index in [-0.39, 0.29) is 0 Å². The molecule has 0 atom stereocenters. The van der Waals surface area contributed by atoms with Crippen molar-refractivity contribution in [3.05, 3.63) is 35.5 Å². The van der Waals surface area contributed by atoms with E-state index in [1.807, 2.05) is 31.2 Å². The zero-order valence-electron chi connectivity index (χ0n) is 9.23. The average molecular weight is 235 g/mol. The summed E-state index contributed by atoms with van der Waals surface area (Å²) in [6.45, 7) is 2.00. The number of methoxy groups -OCH3 is 1. The molecule has 0 N–H and O–H groups in total. The van der Waals surface area contributed by atoms with Gasteiger partial charge in [-0.15, -0.1) is 0 Å². The van der Waals surface area contributed by atoms with Gasteiger partial charge in [0.1, 0.15) is 5.75 Å². The van der Waals surface area contributed by atoms with Crippen LogP contribution in [-0.2, 0) is 5.75 Å². The van der Waals surface area contributed by atoms with Gasteiger partial charge in [-0.05, 0) is 30.7 Å². The molecule has 0 radical (unpaired) electrons. The van der Waals surface area contributed by atoms with Crippen LogP contribution in [0.3, 0.4) is 0 Å². The first-order valence-corrected chi connectivity index (χ1v) is 5.59. The fraction of sp³-hybridized carbons (Fsp3) is 0.250. The van der Waals surface area contributed by atoms with Gasteiger partial charge in [0.05, 0.1) is 12.8 Å². The zero-order valence-corrected chi connectivity index (χ0v) is 10.1. The predicted molar refractivity (Wildman–Crippen MR) is 65.9 cm³/mol. The monoisotopic (exact) mass is 235 g/mol. The molecule has 84 valence electrons. The number of ether oxygens (including phenoxy) is 1. The zero-order chi connectivity index (χ0) is 11.5. The quantitative estimate of drug-likeness (QED) is 0.830. The van der Waals surface area contributed by atoms with Crippen LogP contribution in [-0.4, -0.2) is 12.3 Å². The van der Waals surface area contributed by atoms with Gasteiger partial charge in [-0.1, -0.05) is 5.16 Å². The Labute approximate surface area is 99.8 Å². The largest absolute Gasteiger partial charge is 0.496 e. The molecule has 1 aromatic carbocycles. The van der Waals surface area contributed by atoms with Gasteiger partial charge in [-0.3, -0.25) is 0 Å². The molecule has 0 aliphatic rings. The number of thiol groups is 1. The maximum atomic E-state index is 5.23. The van der Waals surface area contributed by atoms with Crippen molar-refractivity contribution in [2.45, 2.75) is 12.7 Å². The summed E-state index contributed by atoms with van der Waals surface area (Å²) >= 11 is 4.15. The van der Waals surface area contributed by atoms with Crippen LogP contribution >= 0.6 is 12.6 Å². The van der Waals surface area contributed by atoms with E-state index >= 15 is 0 Å². The van der Waals surface area contributed by atoms with Crippen LogP contribution in [0.25, 0.3) is 11.3 Å². The van der Waals surface area contributed by atoms with Crippen molar-refractivity contribution in [3.8, 4) is 17.1 Å². The minimum atomic E-state index is 0.582. The Bertz CT molecular complexity index is 494. The van der Waals surface area contributed by atoms with Crippen molar-refractivity contribution in [2.75, 3.05) is 7.11 Å². The highest BCUT2D eigenvalue weighted by atomic mass is 32.1. The minimum absolute atomic E-state index is 0.582. The summed E-state index contributed by atoms with van der Waals surface area (Å²) < 4.78 is 10.4. The second-order valence-corrected chi connectivity index (χ2v) is 3.84. The van der Waals surface area contributed by atoms with Crippen molar-refractivity contribution in [1.82, 2.24) is 5.16 Å². The van der Waals surface area contributed by atoms with Crippen molar-refractivity contribution in [2.24, 2.45) is 0 Å². The molecule has 0 aliphatic carbocycles. The second kappa shape index (κ2) is 4.61. The van der Waals surface area contributed by atoms with Crippen molar-refractivity contribution in [1.29, 1.82) is 0 Å². The molecule has 2 rings (SSSR count). The topological polar surface area (TPSA) is 35.3 Å². The fourth-order valence-electron chi connectivity index (χ4n) is 1.55. The van der Waals surface area contributed by atoms with Crippen molar-refractivity contribution >= 4 is 12.6 Å². The SMILES string of the molecule is COc1ccc(-c2cc(CS)no2)cc1C. The van der Waals surface area contributed by atoms with Gasteiger partial charge >= 0.3 is 0 Å². The summed E-state index contributed by atoms with van der Waals surface area (Å²) in [5.41, 5.74) is 2.91. The lowest BCUT2D eigenvalue weighted by atomic mass is 10.1. The molecule has 0 amide bonds. The molecule has 1 aromatic heterocycles. The van der Waals surface area contributed by atoms with Gasteiger partial charge in [-0.2, -0.15) is 12.6 Å². The summed E-state index contributed by atoms with van der Waals surface area (Å²) in [5, 5.41) is 3.90. The van der Waals surface area contributed by atoms with Crippen LogP contribution in [0, 0.1) is 6.92 Å². The highest BCUT2D eigenvalue weighted by Crippen LogP contribution is 2.26. The molecular formula is C12H13NO2S. The van der Waals surface area contributed by atoms with Crippen LogP contribution in [0.1, 0.15) is 11.3 Å². The van der Waals surface area contributed by atoms with E-state index in [1.54, 1.807) is 7.11 Å². The van der Waals surface area contributed by atoms with E-state index in [2.05, 4.69) is 17.8 Å². The summed E-state index contributed by atoms with van der Waals surface area (Å²) in [4.78, 5) is 0. The molecule has 2 aromatic rings. The molecule has 0 spiro atoms. The maximum absolute atomic E-state index is 5.23. The normalized spacial score (nSPS) is 10.4. The smallest absolute Gasteiger partial charge is 0.167 e. The summed E-state index contributed by atoms with van der Waals surface area (Å²) in [5.74, 6) is 2.21. The molecule has 4 heteroatoms. The highest BCUT2D eigenvalue weighted by molar-refractivity contribution is 7.79. The molecule has 0 bridgehead atoms. The lowest BCUT2D eigenvalue weighted by Crippen LogP contribution is -1.87. The molecule has 0 saturated heterocycles. The molecule has 0 unspecified atom stereocenters. The number of hydrogen-bond acceptors (Lipinski definition) is 4. The van der Waals surface area contributed by atoms with E-state index in [0.29, 0.717) is 5.75 Å². The van der Waals surface area contributed by atoms with E-state index < -0.39 is 0 Å². The molecule has 1 heterocycles. The number of nitrogens with zero attached hydrogens (tertiary/aromatic N) is 1. The number of aromatic nitrogens is 1. The molecule has 16 heavy (non-hydrogen) atoms. The third-order valence-corrected chi connectivity index (χ3v) is 2.72. The van der Waals surface area contributed by atoms with Crippen LogP contribution < -0.4 is 4.74 Å². The van der Waals surface area contributed by atoms with Crippen LogP contribution in [0.2, 0.25) is 0 Å². The van der Waals surface area contributed by atoms with E-state index in [4.69, 9.17) is 9.26 Å². The van der Waals surface area contributed by atoms with Gasteiger partial charge in [0, 0.05) is 17.4 Å². The van der Waals surface area contributed by atoms with Crippen molar-refractivity contribution in [3.63, 3.8) is 0 Å². The van der Waals surface area contributed by atoms with Gasteiger partial charge in [0.15, 0.2) is 5.76 Å². The standard InChI is InChI=1S/C12H13NO2S/c1-8-5-9(3-4-11(8)14-2)12-6-10(7-16)13-15-12/h3-6,16H,7H2,1-2H3. The Kier molecular flexibility index (Phi) is 3.19. The molecule has 3 nitrogen and oxygen atoms in total. The minimum Gasteiger partial charge on any atom is -0.496 e. The Morgan fingerprint density at radius 2 is 2.19 bits per heavy atom. The first-order valence-electron chi connectivity index (χ1n) is 4.96. The van der Waals surface area contributed by atoms with Gasteiger partial charge in [0.2, 0.25) is 0 Å². The van der Waals surface area contributed by atoms with Crippen molar-refractivity contribution < 1.29 is 9.26 Å². The maximum Gasteiger partial charge on any atom is 0.167 e.